The Labute approximate surface area is 77.2 Å². The highest BCUT2D eigenvalue weighted by Crippen LogP contribution is 2.19. The van der Waals surface area contributed by atoms with E-state index in [1.807, 2.05) is 35.2 Å². The summed E-state index contributed by atoms with van der Waals surface area (Å²) in [6.07, 6.45) is -1.22. The molecule has 0 radical (unpaired) electrons. The molecule has 1 aromatic rings. The van der Waals surface area contributed by atoms with Gasteiger partial charge in [-0.1, -0.05) is 18.2 Å². The Kier molecular flexibility index (Phi) is 2.20. The Morgan fingerprint density at radius 1 is 1.00 bits per heavy atom. The van der Waals surface area contributed by atoms with Crippen LogP contribution in [0.2, 0.25) is 0 Å². The molecule has 0 saturated carbocycles. The highest BCUT2D eigenvalue weighted by Gasteiger charge is 2.29. The normalized spacial score (nSPS) is 28.0. The van der Waals surface area contributed by atoms with E-state index in [1.165, 1.54) is 0 Å². The minimum atomic E-state index is -0.611. The van der Waals surface area contributed by atoms with Gasteiger partial charge in [0.1, 0.15) is 0 Å². The van der Waals surface area contributed by atoms with Crippen molar-refractivity contribution in [3.05, 3.63) is 30.3 Å². The molecule has 0 aromatic heterocycles. The summed E-state index contributed by atoms with van der Waals surface area (Å²) in [5.41, 5.74) is 1.05. The molecule has 1 aromatic carbocycles. The molecule has 13 heavy (non-hydrogen) atoms. The number of aliphatic hydroxyl groups is 2. The molecule has 2 rings (SSSR count). The second-order valence-corrected chi connectivity index (χ2v) is 3.38. The number of aliphatic hydroxyl groups excluding tert-OH is 2. The predicted octanol–water partition coefficient (Wildman–Crippen LogP) is 0.228. The number of β-amino-alcohol motifs (C(OH)–C–C–N with tert-alkyl or cyclic N) is 2. The lowest BCUT2D eigenvalue weighted by Crippen LogP contribution is -2.22. The molecule has 0 spiro atoms. The van der Waals surface area contributed by atoms with Gasteiger partial charge in [0.05, 0.1) is 12.2 Å². The minimum absolute atomic E-state index is 0.519. The molecule has 2 atom stereocenters. The van der Waals surface area contributed by atoms with Gasteiger partial charge in [-0.3, -0.25) is 0 Å². The van der Waals surface area contributed by atoms with E-state index in [0.29, 0.717) is 13.1 Å². The van der Waals surface area contributed by atoms with Crippen molar-refractivity contribution >= 4 is 5.69 Å². The van der Waals surface area contributed by atoms with E-state index in [9.17, 15) is 10.2 Å². The molecule has 70 valence electrons. The number of benzene rings is 1. The third-order valence-electron chi connectivity index (χ3n) is 2.38. The minimum Gasteiger partial charge on any atom is -0.389 e. The quantitative estimate of drug-likeness (QED) is 0.648. The van der Waals surface area contributed by atoms with Gasteiger partial charge < -0.3 is 15.1 Å². The average Bonchev–Trinajstić information content (AvgIpc) is 2.49. The summed E-state index contributed by atoms with van der Waals surface area (Å²) in [5.74, 6) is 0. The molecule has 1 aliphatic heterocycles. The standard InChI is InChI=1S/C10H13NO2/c12-9-6-11(7-10(9)13)8-4-2-1-3-5-8/h1-5,9-10,12-13H,6-7H2/t9-,10+. The molecule has 3 nitrogen and oxygen atoms in total. The van der Waals surface area contributed by atoms with Crippen LogP contribution in [0.1, 0.15) is 0 Å². The molecular weight excluding hydrogens is 166 g/mol. The second-order valence-electron chi connectivity index (χ2n) is 3.38. The zero-order valence-electron chi connectivity index (χ0n) is 7.30. The van der Waals surface area contributed by atoms with E-state index < -0.39 is 12.2 Å². The second kappa shape index (κ2) is 3.36. The van der Waals surface area contributed by atoms with Gasteiger partial charge in [-0.25, -0.2) is 0 Å². The molecule has 3 heteroatoms. The average molecular weight is 179 g/mol. The van der Waals surface area contributed by atoms with Crippen molar-refractivity contribution in [1.82, 2.24) is 0 Å². The summed E-state index contributed by atoms with van der Waals surface area (Å²) < 4.78 is 0. The van der Waals surface area contributed by atoms with Crippen molar-refractivity contribution < 1.29 is 10.2 Å². The summed E-state index contributed by atoms with van der Waals surface area (Å²) in [4.78, 5) is 1.98. The monoisotopic (exact) mass is 179 g/mol. The van der Waals surface area contributed by atoms with Crippen molar-refractivity contribution in [2.45, 2.75) is 12.2 Å². The number of hydrogen-bond acceptors (Lipinski definition) is 3. The molecule has 0 unspecified atom stereocenters. The summed E-state index contributed by atoms with van der Waals surface area (Å²) >= 11 is 0. The van der Waals surface area contributed by atoms with Crippen LogP contribution in [-0.2, 0) is 0 Å². The van der Waals surface area contributed by atoms with Crippen molar-refractivity contribution in [2.75, 3.05) is 18.0 Å². The Hall–Kier alpha value is -1.06. The topological polar surface area (TPSA) is 43.7 Å². The van der Waals surface area contributed by atoms with Crippen LogP contribution in [0.4, 0.5) is 5.69 Å². The molecule has 2 N–H and O–H groups in total. The van der Waals surface area contributed by atoms with Gasteiger partial charge in [0.2, 0.25) is 0 Å². The molecule has 0 amide bonds. The van der Waals surface area contributed by atoms with Crippen molar-refractivity contribution in [3.8, 4) is 0 Å². The van der Waals surface area contributed by atoms with Gasteiger partial charge in [0, 0.05) is 18.8 Å². The molecule has 1 saturated heterocycles. The first-order valence-corrected chi connectivity index (χ1v) is 4.43. The zero-order valence-corrected chi connectivity index (χ0v) is 7.30. The van der Waals surface area contributed by atoms with Gasteiger partial charge in [-0.2, -0.15) is 0 Å². The Morgan fingerprint density at radius 3 is 2.08 bits per heavy atom. The zero-order chi connectivity index (χ0) is 9.26. The van der Waals surface area contributed by atoms with E-state index in [1.54, 1.807) is 0 Å². The van der Waals surface area contributed by atoms with Crippen LogP contribution in [0, 0.1) is 0 Å². The van der Waals surface area contributed by atoms with Crippen LogP contribution < -0.4 is 4.90 Å². The van der Waals surface area contributed by atoms with E-state index in [4.69, 9.17) is 0 Å². The summed E-state index contributed by atoms with van der Waals surface area (Å²) in [6, 6.07) is 9.81. The fraction of sp³-hybridized carbons (Fsp3) is 0.400. The van der Waals surface area contributed by atoms with Crippen molar-refractivity contribution in [3.63, 3.8) is 0 Å². The number of rotatable bonds is 1. The van der Waals surface area contributed by atoms with Gasteiger partial charge in [0.15, 0.2) is 0 Å². The van der Waals surface area contributed by atoms with Crippen LogP contribution in [0.3, 0.4) is 0 Å². The van der Waals surface area contributed by atoms with E-state index in [2.05, 4.69) is 0 Å². The fourth-order valence-electron chi connectivity index (χ4n) is 1.62. The van der Waals surface area contributed by atoms with Crippen LogP contribution in [0.15, 0.2) is 30.3 Å². The first-order chi connectivity index (χ1) is 6.27. The van der Waals surface area contributed by atoms with Crippen molar-refractivity contribution in [2.24, 2.45) is 0 Å². The van der Waals surface area contributed by atoms with Crippen LogP contribution in [0.25, 0.3) is 0 Å². The first-order valence-electron chi connectivity index (χ1n) is 4.43. The number of anilines is 1. The third kappa shape index (κ3) is 1.66. The fourth-order valence-corrected chi connectivity index (χ4v) is 1.62. The summed E-state index contributed by atoms with van der Waals surface area (Å²) in [5, 5.41) is 18.7. The van der Waals surface area contributed by atoms with E-state index in [0.717, 1.165) is 5.69 Å². The van der Waals surface area contributed by atoms with E-state index >= 15 is 0 Å². The van der Waals surface area contributed by atoms with Crippen LogP contribution in [-0.4, -0.2) is 35.5 Å². The van der Waals surface area contributed by atoms with Gasteiger partial charge >= 0.3 is 0 Å². The molecule has 0 aliphatic carbocycles. The number of hydrogen-bond donors (Lipinski definition) is 2. The lowest BCUT2D eigenvalue weighted by Gasteiger charge is -2.16. The predicted molar refractivity (Wildman–Crippen MR) is 50.7 cm³/mol. The largest absolute Gasteiger partial charge is 0.389 e. The maximum absolute atomic E-state index is 9.34. The maximum Gasteiger partial charge on any atom is 0.0990 e. The maximum atomic E-state index is 9.34. The van der Waals surface area contributed by atoms with Gasteiger partial charge in [0.25, 0.3) is 0 Å². The lowest BCUT2D eigenvalue weighted by molar-refractivity contribution is 0.0572. The molecule has 0 bridgehead atoms. The van der Waals surface area contributed by atoms with Crippen molar-refractivity contribution in [1.29, 1.82) is 0 Å². The Balaban J connectivity index is 2.12. The van der Waals surface area contributed by atoms with Crippen LogP contribution in [0.5, 0.6) is 0 Å². The first kappa shape index (κ1) is 8.53. The van der Waals surface area contributed by atoms with Gasteiger partial charge in [-0.15, -0.1) is 0 Å². The summed E-state index contributed by atoms with van der Waals surface area (Å²) in [7, 11) is 0. The molecule has 1 heterocycles. The molecular formula is C10H13NO2. The molecule has 1 aliphatic rings. The highest BCUT2D eigenvalue weighted by molar-refractivity contribution is 5.47. The Bertz CT molecular complexity index is 266. The highest BCUT2D eigenvalue weighted by atomic mass is 16.3. The smallest absolute Gasteiger partial charge is 0.0990 e. The third-order valence-corrected chi connectivity index (χ3v) is 2.38. The van der Waals surface area contributed by atoms with Gasteiger partial charge in [-0.05, 0) is 12.1 Å². The van der Waals surface area contributed by atoms with Crippen LogP contribution >= 0.6 is 0 Å². The number of para-hydroxylation sites is 1. The SMILES string of the molecule is O[C@@H]1CN(c2ccccc2)C[C@@H]1O. The summed E-state index contributed by atoms with van der Waals surface area (Å²) in [6.45, 7) is 1.04. The number of nitrogens with zero attached hydrogens (tertiary/aromatic N) is 1. The Morgan fingerprint density at radius 2 is 1.54 bits per heavy atom. The lowest BCUT2D eigenvalue weighted by atomic mass is 10.3. The van der Waals surface area contributed by atoms with E-state index in [-0.39, 0.29) is 0 Å². The molecule has 1 fully saturated rings.